The number of amides is 1. The number of hydrogen-bond acceptors (Lipinski definition) is 5. The van der Waals surface area contributed by atoms with Crippen LogP contribution in [-0.4, -0.2) is 32.7 Å². The molecule has 0 spiro atoms. The molecule has 0 bridgehead atoms. The maximum atomic E-state index is 13.2. The van der Waals surface area contributed by atoms with Crippen molar-refractivity contribution in [3.63, 3.8) is 0 Å². The van der Waals surface area contributed by atoms with Crippen molar-refractivity contribution in [1.82, 2.24) is 25.5 Å². The number of hydrogen-bond donors (Lipinski definition) is 1. The number of fused-ring (bicyclic) bond motifs is 1. The molecule has 0 fully saturated rings. The number of nitrogens with zero attached hydrogens (tertiary/aromatic N) is 5. The van der Waals surface area contributed by atoms with E-state index in [0.717, 1.165) is 28.0 Å². The van der Waals surface area contributed by atoms with Crippen molar-refractivity contribution in [2.45, 2.75) is 26.4 Å². The number of allylic oxidation sites excluding steroid dienone is 1. The highest BCUT2D eigenvalue weighted by Crippen LogP contribution is 2.36. The van der Waals surface area contributed by atoms with E-state index in [-0.39, 0.29) is 24.3 Å². The van der Waals surface area contributed by atoms with E-state index in [9.17, 15) is 9.18 Å². The fourth-order valence-electron chi connectivity index (χ4n) is 4.10. The van der Waals surface area contributed by atoms with Crippen LogP contribution in [0.2, 0.25) is 0 Å². The Kier molecular flexibility index (Phi) is 6.10. The zero-order chi connectivity index (χ0) is 24.4. The van der Waals surface area contributed by atoms with Gasteiger partial charge in [-0.1, -0.05) is 76.9 Å². The SMILES string of the molecule is Cc1ccc(C2=C[C@H](c3ccc(C)cc3)n3nnnc3N2CC(=O)NCc2ccc(F)cc2)cc1. The molecule has 176 valence electrons. The van der Waals surface area contributed by atoms with E-state index in [2.05, 4.69) is 51.2 Å². The Bertz CT molecular complexity index is 1360. The Balaban J connectivity index is 1.47. The van der Waals surface area contributed by atoms with E-state index >= 15 is 0 Å². The third kappa shape index (κ3) is 4.82. The van der Waals surface area contributed by atoms with Gasteiger partial charge in [0.05, 0.1) is 5.70 Å². The van der Waals surface area contributed by atoms with Crippen LogP contribution in [0.3, 0.4) is 0 Å². The number of anilines is 1. The number of benzene rings is 3. The molecule has 1 aliphatic heterocycles. The molecule has 0 radical (unpaired) electrons. The van der Waals surface area contributed by atoms with Crippen molar-refractivity contribution < 1.29 is 9.18 Å². The van der Waals surface area contributed by atoms with Crippen molar-refractivity contribution in [2.24, 2.45) is 0 Å². The molecule has 5 rings (SSSR count). The number of carbonyl (C=O) groups excluding carboxylic acids is 1. The van der Waals surface area contributed by atoms with Crippen LogP contribution >= 0.6 is 0 Å². The molecule has 0 saturated heterocycles. The van der Waals surface area contributed by atoms with Crippen molar-refractivity contribution in [2.75, 3.05) is 11.4 Å². The third-order valence-corrected chi connectivity index (χ3v) is 6.06. The van der Waals surface area contributed by atoms with Crippen LogP contribution in [0, 0.1) is 19.7 Å². The Labute approximate surface area is 202 Å². The van der Waals surface area contributed by atoms with Gasteiger partial charge >= 0.3 is 0 Å². The molecule has 2 heterocycles. The highest BCUT2D eigenvalue weighted by molar-refractivity contribution is 5.89. The highest BCUT2D eigenvalue weighted by Gasteiger charge is 2.31. The summed E-state index contributed by atoms with van der Waals surface area (Å²) in [5, 5.41) is 15.3. The number of nitrogens with one attached hydrogen (secondary N) is 1. The van der Waals surface area contributed by atoms with E-state index in [1.54, 1.807) is 16.8 Å². The number of aryl methyl sites for hydroxylation is 2. The van der Waals surface area contributed by atoms with Crippen LogP contribution in [0.4, 0.5) is 10.3 Å². The second-order valence-corrected chi connectivity index (χ2v) is 8.69. The van der Waals surface area contributed by atoms with E-state index < -0.39 is 0 Å². The fraction of sp³-hybridized carbons (Fsp3) is 0.185. The average Bonchev–Trinajstić information content (AvgIpc) is 3.35. The molecule has 1 atom stereocenters. The number of carbonyl (C=O) groups is 1. The first-order chi connectivity index (χ1) is 17.0. The molecule has 1 amide bonds. The summed E-state index contributed by atoms with van der Waals surface area (Å²) in [7, 11) is 0. The maximum absolute atomic E-state index is 13.2. The molecular formula is C27H25FN6O. The van der Waals surface area contributed by atoms with Gasteiger partial charge < -0.3 is 5.32 Å². The third-order valence-electron chi connectivity index (χ3n) is 6.06. The predicted octanol–water partition coefficient (Wildman–Crippen LogP) is 4.20. The van der Waals surface area contributed by atoms with Crippen LogP contribution in [0.25, 0.3) is 5.70 Å². The monoisotopic (exact) mass is 468 g/mol. The second kappa shape index (κ2) is 9.50. The standard InChI is InChI=1S/C27H25FN6O/c1-18-3-9-21(10-4-18)24-15-25(22-11-5-19(2)6-12-22)34-27(30-31-32-34)33(24)17-26(35)29-16-20-7-13-23(28)14-8-20/h3-15,25H,16-17H2,1-2H3,(H,29,35)/t25-/m1/s1. The zero-order valence-electron chi connectivity index (χ0n) is 19.5. The molecule has 1 N–H and O–H groups in total. The second-order valence-electron chi connectivity index (χ2n) is 8.69. The highest BCUT2D eigenvalue weighted by atomic mass is 19.1. The summed E-state index contributed by atoms with van der Waals surface area (Å²) in [5.41, 5.74) is 6.01. The molecule has 7 nitrogen and oxygen atoms in total. The quantitative estimate of drug-likeness (QED) is 0.459. The van der Waals surface area contributed by atoms with Gasteiger partial charge in [0.2, 0.25) is 5.91 Å². The molecular weight excluding hydrogens is 443 g/mol. The lowest BCUT2D eigenvalue weighted by molar-refractivity contribution is -0.119. The molecule has 4 aromatic rings. The van der Waals surface area contributed by atoms with Crippen molar-refractivity contribution in [3.8, 4) is 0 Å². The lowest BCUT2D eigenvalue weighted by Gasteiger charge is -2.32. The van der Waals surface area contributed by atoms with Gasteiger partial charge in [0.1, 0.15) is 18.4 Å². The van der Waals surface area contributed by atoms with E-state index in [1.165, 1.54) is 17.7 Å². The summed E-state index contributed by atoms with van der Waals surface area (Å²) < 4.78 is 14.9. The molecule has 1 aromatic heterocycles. The number of aromatic nitrogens is 4. The minimum Gasteiger partial charge on any atom is -0.350 e. The summed E-state index contributed by atoms with van der Waals surface area (Å²) in [5.74, 6) is -0.0162. The predicted molar refractivity (Wildman–Crippen MR) is 132 cm³/mol. The zero-order valence-corrected chi connectivity index (χ0v) is 19.5. The molecule has 0 unspecified atom stereocenters. The lowest BCUT2D eigenvalue weighted by atomic mass is 9.99. The van der Waals surface area contributed by atoms with Gasteiger partial charge in [-0.05, 0) is 59.2 Å². The van der Waals surface area contributed by atoms with Gasteiger partial charge in [0.15, 0.2) is 0 Å². The van der Waals surface area contributed by atoms with Gasteiger partial charge in [-0.15, -0.1) is 0 Å². The summed E-state index contributed by atoms with van der Waals surface area (Å²) in [6.45, 7) is 4.41. The van der Waals surface area contributed by atoms with Crippen LogP contribution in [0.1, 0.15) is 33.9 Å². The average molecular weight is 469 g/mol. The largest absolute Gasteiger partial charge is 0.350 e. The van der Waals surface area contributed by atoms with Crippen molar-refractivity contribution >= 4 is 17.6 Å². The number of rotatable bonds is 6. The summed E-state index contributed by atoms with van der Waals surface area (Å²) in [6.07, 6.45) is 2.09. The molecule has 0 saturated carbocycles. The Morgan fingerprint density at radius 2 is 1.60 bits per heavy atom. The Hall–Kier alpha value is -4.33. The minimum atomic E-state index is -0.309. The number of halogens is 1. The van der Waals surface area contributed by atoms with Crippen LogP contribution in [0.15, 0.2) is 78.9 Å². The first-order valence-corrected chi connectivity index (χ1v) is 11.4. The Morgan fingerprint density at radius 1 is 0.943 bits per heavy atom. The summed E-state index contributed by atoms with van der Waals surface area (Å²) in [6, 6.07) is 22.3. The summed E-state index contributed by atoms with van der Waals surface area (Å²) >= 11 is 0. The fourth-order valence-corrected chi connectivity index (χ4v) is 4.10. The Morgan fingerprint density at radius 3 is 2.29 bits per heavy atom. The normalized spacial score (nSPS) is 14.9. The molecule has 1 aliphatic rings. The molecule has 0 aliphatic carbocycles. The van der Waals surface area contributed by atoms with Gasteiger partial charge in [-0.2, -0.15) is 4.68 Å². The van der Waals surface area contributed by atoms with Gasteiger partial charge in [0, 0.05) is 6.54 Å². The van der Waals surface area contributed by atoms with Crippen LogP contribution in [0.5, 0.6) is 0 Å². The topological polar surface area (TPSA) is 75.9 Å². The van der Waals surface area contributed by atoms with Gasteiger partial charge in [-0.25, -0.2) is 4.39 Å². The van der Waals surface area contributed by atoms with Gasteiger partial charge in [-0.3, -0.25) is 9.69 Å². The van der Waals surface area contributed by atoms with Crippen LogP contribution < -0.4 is 10.2 Å². The molecule has 8 heteroatoms. The minimum absolute atomic E-state index is 0.0297. The van der Waals surface area contributed by atoms with Gasteiger partial charge in [0.25, 0.3) is 5.95 Å². The molecule has 35 heavy (non-hydrogen) atoms. The smallest absolute Gasteiger partial charge is 0.251 e. The van der Waals surface area contributed by atoms with E-state index in [4.69, 9.17) is 0 Å². The first-order valence-electron chi connectivity index (χ1n) is 11.4. The summed E-state index contributed by atoms with van der Waals surface area (Å²) in [4.78, 5) is 14.8. The van der Waals surface area contributed by atoms with Crippen LogP contribution in [-0.2, 0) is 11.3 Å². The number of tetrazole rings is 1. The maximum Gasteiger partial charge on any atom is 0.251 e. The van der Waals surface area contributed by atoms with E-state index in [0.29, 0.717) is 12.5 Å². The van der Waals surface area contributed by atoms with Crippen molar-refractivity contribution in [1.29, 1.82) is 0 Å². The van der Waals surface area contributed by atoms with Crippen molar-refractivity contribution in [3.05, 3.63) is 113 Å². The first kappa shape index (κ1) is 22.5. The lowest BCUT2D eigenvalue weighted by Crippen LogP contribution is -2.39. The van der Waals surface area contributed by atoms with E-state index in [1.807, 2.05) is 43.0 Å². The molecule has 3 aromatic carbocycles.